The van der Waals surface area contributed by atoms with E-state index in [0.717, 1.165) is 17.5 Å². The molecule has 70 valence electrons. The van der Waals surface area contributed by atoms with Gasteiger partial charge in [-0.3, -0.25) is 0 Å². The minimum atomic E-state index is 0. The van der Waals surface area contributed by atoms with Gasteiger partial charge in [0, 0.05) is 1.43 Å². The molecule has 0 fully saturated rings. The van der Waals surface area contributed by atoms with Crippen LogP contribution in [0.5, 0.6) is 0 Å². The molecule has 0 saturated heterocycles. The predicted molar refractivity (Wildman–Crippen MR) is 56.9 cm³/mol. The second kappa shape index (κ2) is 3.21. The Morgan fingerprint density at radius 2 is 2.38 bits per heavy atom. The Morgan fingerprint density at radius 1 is 1.54 bits per heavy atom. The van der Waals surface area contributed by atoms with Crippen molar-refractivity contribution in [3.63, 3.8) is 0 Å². The van der Waals surface area contributed by atoms with Gasteiger partial charge in [-0.25, -0.2) is 4.98 Å². The molecule has 1 aromatic heterocycles. The summed E-state index contributed by atoms with van der Waals surface area (Å²) in [6.07, 6.45) is 2.92. The van der Waals surface area contributed by atoms with Crippen molar-refractivity contribution in [2.45, 2.75) is 26.2 Å². The van der Waals surface area contributed by atoms with E-state index in [1.807, 2.05) is 0 Å². The third kappa shape index (κ3) is 1.32. The van der Waals surface area contributed by atoms with Gasteiger partial charge in [-0.2, -0.15) is 0 Å². The first-order valence-corrected chi connectivity index (χ1v) is 4.75. The van der Waals surface area contributed by atoms with Gasteiger partial charge in [0.05, 0.1) is 17.4 Å². The van der Waals surface area contributed by atoms with E-state index in [1.54, 1.807) is 6.33 Å². The first-order valence-electron chi connectivity index (χ1n) is 4.75. The molecule has 0 saturated carbocycles. The fourth-order valence-electron chi connectivity index (χ4n) is 1.61. The van der Waals surface area contributed by atoms with Crippen LogP contribution in [0, 0.1) is 0 Å². The molecular formula is C11H16N2. The molecule has 2 rings (SSSR count). The lowest BCUT2D eigenvalue weighted by Gasteiger charge is -2.08. The molecule has 2 aromatic rings. The number of nitrogens with zero attached hydrogens (tertiary/aromatic N) is 1. The Hall–Kier alpha value is -1.31. The van der Waals surface area contributed by atoms with Gasteiger partial charge in [-0.15, -0.1) is 0 Å². The first kappa shape index (κ1) is 8.30. The summed E-state index contributed by atoms with van der Waals surface area (Å²) in [5.74, 6) is 0.590. The highest BCUT2D eigenvalue weighted by Gasteiger charge is 2.08. The number of benzene rings is 1. The van der Waals surface area contributed by atoms with E-state index in [2.05, 4.69) is 42.0 Å². The lowest BCUT2D eigenvalue weighted by Crippen LogP contribution is -1.92. The van der Waals surface area contributed by atoms with Crippen molar-refractivity contribution in [3.05, 3.63) is 30.1 Å². The molecule has 1 aromatic carbocycles. The van der Waals surface area contributed by atoms with Crippen molar-refractivity contribution < 1.29 is 1.43 Å². The molecule has 13 heavy (non-hydrogen) atoms. The van der Waals surface area contributed by atoms with Crippen LogP contribution in [0.25, 0.3) is 11.0 Å². The minimum absolute atomic E-state index is 0. The molecule has 1 N–H and O–H groups in total. The molecule has 0 spiro atoms. The van der Waals surface area contributed by atoms with Gasteiger partial charge in [0.2, 0.25) is 0 Å². The highest BCUT2D eigenvalue weighted by atomic mass is 14.9. The molecule has 0 radical (unpaired) electrons. The summed E-state index contributed by atoms with van der Waals surface area (Å²) >= 11 is 0. The molecule has 0 aliphatic heterocycles. The zero-order valence-electron chi connectivity index (χ0n) is 8.04. The molecule has 2 nitrogen and oxygen atoms in total. The van der Waals surface area contributed by atoms with Crippen molar-refractivity contribution in [3.8, 4) is 0 Å². The molecule has 1 unspecified atom stereocenters. The number of hydrogen-bond acceptors (Lipinski definition) is 1. The third-order valence-corrected chi connectivity index (χ3v) is 2.62. The van der Waals surface area contributed by atoms with Crippen molar-refractivity contribution in [2.75, 3.05) is 0 Å². The summed E-state index contributed by atoms with van der Waals surface area (Å²) in [5, 5.41) is 0. The van der Waals surface area contributed by atoms with Gasteiger partial charge in [-0.1, -0.05) is 26.0 Å². The van der Waals surface area contributed by atoms with Gasteiger partial charge in [0.15, 0.2) is 0 Å². The highest BCUT2D eigenvalue weighted by Crippen LogP contribution is 2.24. The highest BCUT2D eigenvalue weighted by molar-refractivity contribution is 5.78. The first-order chi connectivity index (χ1) is 6.33. The van der Waals surface area contributed by atoms with E-state index in [-0.39, 0.29) is 1.43 Å². The van der Waals surface area contributed by atoms with Crippen LogP contribution in [0.15, 0.2) is 24.5 Å². The van der Waals surface area contributed by atoms with E-state index in [9.17, 15) is 0 Å². The Kier molecular flexibility index (Phi) is 2.05. The number of rotatable bonds is 2. The monoisotopic (exact) mass is 176 g/mol. The summed E-state index contributed by atoms with van der Waals surface area (Å²) < 4.78 is 0. The maximum atomic E-state index is 4.33. The van der Waals surface area contributed by atoms with E-state index in [1.165, 1.54) is 5.56 Å². The van der Waals surface area contributed by atoms with Gasteiger partial charge < -0.3 is 4.98 Å². The number of aromatic amines is 1. The van der Waals surface area contributed by atoms with Crippen LogP contribution >= 0.6 is 0 Å². The zero-order chi connectivity index (χ0) is 9.26. The number of H-pyrrole nitrogens is 1. The lowest BCUT2D eigenvalue weighted by atomic mass is 9.97. The average molecular weight is 176 g/mol. The van der Waals surface area contributed by atoms with E-state index >= 15 is 0 Å². The van der Waals surface area contributed by atoms with Crippen LogP contribution in [0.3, 0.4) is 0 Å². The fraction of sp³-hybridized carbons (Fsp3) is 0.364. The van der Waals surface area contributed by atoms with Crippen LogP contribution in [-0.2, 0) is 0 Å². The zero-order valence-corrected chi connectivity index (χ0v) is 8.04. The predicted octanol–water partition coefficient (Wildman–Crippen LogP) is 3.32. The quantitative estimate of drug-likeness (QED) is 0.747. The molecule has 1 atom stereocenters. The number of nitrogens with one attached hydrogen (secondary N) is 1. The molecular weight excluding hydrogens is 160 g/mol. The van der Waals surface area contributed by atoms with Crippen molar-refractivity contribution in [1.82, 2.24) is 9.97 Å². The number of aromatic nitrogens is 2. The standard InChI is InChI=1S/C11H14N2.H2/c1-3-8(2)9-5-4-6-10-11(9)13-7-12-10;/h4-8H,3H2,1-2H3,(H,12,13);1H. The number of para-hydroxylation sites is 1. The van der Waals surface area contributed by atoms with Gasteiger partial charge >= 0.3 is 0 Å². The van der Waals surface area contributed by atoms with E-state index in [0.29, 0.717) is 5.92 Å². The van der Waals surface area contributed by atoms with Crippen molar-refractivity contribution in [1.29, 1.82) is 0 Å². The third-order valence-electron chi connectivity index (χ3n) is 2.62. The molecule has 0 bridgehead atoms. The Bertz CT molecular complexity index is 408. The fourth-order valence-corrected chi connectivity index (χ4v) is 1.61. The lowest BCUT2D eigenvalue weighted by molar-refractivity contribution is 0.738. The minimum Gasteiger partial charge on any atom is -0.345 e. The molecule has 0 aliphatic carbocycles. The van der Waals surface area contributed by atoms with E-state index in [4.69, 9.17) is 0 Å². The van der Waals surface area contributed by atoms with Crippen LogP contribution in [0.1, 0.15) is 33.2 Å². The molecule has 2 heteroatoms. The summed E-state index contributed by atoms with van der Waals surface area (Å²) in [5.41, 5.74) is 3.61. The molecule has 1 heterocycles. The Morgan fingerprint density at radius 3 is 3.15 bits per heavy atom. The topological polar surface area (TPSA) is 28.7 Å². The largest absolute Gasteiger partial charge is 0.345 e. The summed E-state index contributed by atoms with van der Waals surface area (Å²) in [6, 6.07) is 6.31. The maximum absolute atomic E-state index is 4.33. The van der Waals surface area contributed by atoms with Crippen LogP contribution in [0.4, 0.5) is 0 Å². The summed E-state index contributed by atoms with van der Waals surface area (Å²) in [6.45, 7) is 4.44. The number of hydrogen-bond donors (Lipinski definition) is 1. The Labute approximate surface area is 79.5 Å². The molecule has 0 amide bonds. The van der Waals surface area contributed by atoms with Crippen LogP contribution < -0.4 is 0 Å². The van der Waals surface area contributed by atoms with Crippen molar-refractivity contribution in [2.24, 2.45) is 0 Å². The number of imidazole rings is 1. The van der Waals surface area contributed by atoms with E-state index < -0.39 is 0 Å². The van der Waals surface area contributed by atoms with Crippen LogP contribution in [-0.4, -0.2) is 9.97 Å². The second-order valence-electron chi connectivity index (χ2n) is 3.46. The van der Waals surface area contributed by atoms with Gasteiger partial charge in [0.25, 0.3) is 0 Å². The number of fused-ring (bicyclic) bond motifs is 1. The SMILES string of the molecule is CCC(C)c1cccc2[nH]cnc12.[HH]. The Balaban J connectivity index is 0.000000980. The second-order valence-corrected chi connectivity index (χ2v) is 3.46. The van der Waals surface area contributed by atoms with Gasteiger partial charge in [-0.05, 0) is 24.0 Å². The smallest absolute Gasteiger partial charge is 0.0931 e. The van der Waals surface area contributed by atoms with Crippen LogP contribution in [0.2, 0.25) is 0 Å². The summed E-state index contributed by atoms with van der Waals surface area (Å²) in [7, 11) is 0. The van der Waals surface area contributed by atoms with Crippen molar-refractivity contribution >= 4 is 11.0 Å². The van der Waals surface area contributed by atoms with Gasteiger partial charge in [0.1, 0.15) is 0 Å². The molecule has 0 aliphatic rings. The summed E-state index contributed by atoms with van der Waals surface area (Å²) in [4.78, 5) is 7.46. The average Bonchev–Trinajstić information content (AvgIpc) is 2.63. The normalized spacial score (nSPS) is 13.4. The maximum Gasteiger partial charge on any atom is 0.0931 e.